The maximum absolute atomic E-state index is 14.1. The van der Waals surface area contributed by atoms with E-state index in [1.807, 2.05) is 62.4 Å². The number of hydrogen-bond acceptors (Lipinski definition) is 10. The molecule has 6 atom stereocenters. The summed E-state index contributed by atoms with van der Waals surface area (Å²) in [4.78, 5) is 112. The van der Waals surface area contributed by atoms with Gasteiger partial charge >= 0.3 is 12.1 Å². The molecule has 2 aliphatic rings. The number of aromatic nitrogens is 2. The van der Waals surface area contributed by atoms with Crippen LogP contribution < -0.4 is 31.9 Å². The zero-order chi connectivity index (χ0) is 45.6. The molecule has 19 heteroatoms. The fourth-order valence-electron chi connectivity index (χ4n) is 7.72. The summed E-state index contributed by atoms with van der Waals surface area (Å²) in [5.74, 6) is -5.98. The highest BCUT2D eigenvalue weighted by Crippen LogP contribution is 2.44. The molecular formula is C44H57N9O10. The lowest BCUT2D eigenvalue weighted by Gasteiger charge is -2.32. The predicted molar refractivity (Wildman–Crippen MR) is 228 cm³/mol. The zero-order valence-corrected chi connectivity index (χ0v) is 35.9. The molecule has 8 N–H and O–H groups in total. The first kappa shape index (κ1) is 47.3. The van der Waals surface area contributed by atoms with Crippen LogP contribution >= 0.6 is 0 Å². The molecule has 5 rings (SSSR count). The van der Waals surface area contributed by atoms with E-state index >= 15 is 0 Å². The number of alkyl carbamates (subject to hydrolysis) is 1. The number of nitrogens with one attached hydrogen (secondary N) is 7. The molecule has 2 heterocycles. The third-order valence-electron chi connectivity index (χ3n) is 11.6. The molecule has 19 nitrogen and oxygen atoms in total. The van der Waals surface area contributed by atoms with E-state index in [4.69, 9.17) is 4.74 Å². The van der Waals surface area contributed by atoms with Crippen molar-refractivity contribution < 1.29 is 48.2 Å². The number of aromatic amines is 1. The Morgan fingerprint density at radius 2 is 1.40 bits per heavy atom. The third kappa shape index (κ3) is 12.4. The van der Waals surface area contributed by atoms with Crippen molar-refractivity contribution in [3.63, 3.8) is 0 Å². The molecule has 0 bridgehead atoms. The topological polar surface area (TPSA) is 270 Å². The molecule has 1 aliphatic carbocycles. The molecule has 0 radical (unpaired) electrons. The number of rotatable bonds is 21. The van der Waals surface area contributed by atoms with Crippen molar-refractivity contribution in [3.8, 4) is 11.1 Å². The van der Waals surface area contributed by atoms with Gasteiger partial charge in [0.15, 0.2) is 0 Å². The number of aliphatic carboxylic acids is 1. The van der Waals surface area contributed by atoms with Gasteiger partial charge in [0.05, 0.1) is 25.1 Å². The first-order valence-electron chi connectivity index (χ1n) is 21.2. The monoisotopic (exact) mass is 871 g/mol. The van der Waals surface area contributed by atoms with Crippen molar-refractivity contribution >= 4 is 47.5 Å². The molecule has 1 aromatic heterocycles. The van der Waals surface area contributed by atoms with Gasteiger partial charge in [-0.1, -0.05) is 89.1 Å². The van der Waals surface area contributed by atoms with E-state index in [9.17, 15) is 43.5 Å². The van der Waals surface area contributed by atoms with Crippen LogP contribution in [-0.4, -0.2) is 124 Å². The minimum absolute atomic E-state index is 0.0649. The molecule has 0 saturated carbocycles. The summed E-state index contributed by atoms with van der Waals surface area (Å²) in [6.45, 7) is 6.00. The molecule has 0 unspecified atom stereocenters. The maximum Gasteiger partial charge on any atom is 0.407 e. The van der Waals surface area contributed by atoms with Crippen molar-refractivity contribution in [2.75, 3.05) is 32.8 Å². The van der Waals surface area contributed by atoms with E-state index in [-0.39, 0.29) is 37.3 Å². The fourth-order valence-corrected chi connectivity index (χ4v) is 7.72. The summed E-state index contributed by atoms with van der Waals surface area (Å²) in [7, 11) is 0. The van der Waals surface area contributed by atoms with Gasteiger partial charge in [0.25, 0.3) is 0 Å². The van der Waals surface area contributed by atoms with Crippen molar-refractivity contribution in [1.29, 1.82) is 0 Å². The number of hydrogen-bond donors (Lipinski definition) is 8. The van der Waals surface area contributed by atoms with Gasteiger partial charge in [-0.3, -0.25) is 28.8 Å². The third-order valence-corrected chi connectivity index (χ3v) is 11.6. The maximum atomic E-state index is 14.1. The van der Waals surface area contributed by atoms with Gasteiger partial charge in [-0.05, 0) is 46.9 Å². The highest BCUT2D eigenvalue weighted by molar-refractivity contribution is 5.96. The molecule has 1 saturated heterocycles. The summed E-state index contributed by atoms with van der Waals surface area (Å²) in [5, 5.41) is 24.6. The van der Waals surface area contributed by atoms with E-state index in [0.29, 0.717) is 31.4 Å². The van der Waals surface area contributed by atoms with Crippen LogP contribution in [0.1, 0.15) is 76.1 Å². The van der Waals surface area contributed by atoms with Crippen molar-refractivity contribution in [2.45, 2.75) is 89.9 Å². The number of H-pyrrole nitrogens is 1. The summed E-state index contributed by atoms with van der Waals surface area (Å²) in [5.41, 5.74) is 4.68. The summed E-state index contributed by atoms with van der Waals surface area (Å²) in [6, 6.07) is 11.5. The number of carbonyl (C=O) groups is 8. The van der Waals surface area contributed by atoms with Gasteiger partial charge < -0.3 is 51.6 Å². The standard InChI is InChI=1S/C44H57N9O10/c1-5-25(3)38(41(58)47-20-35(54)46-21-36(55)50-33(43(60)61)18-27-19-45-24-49-27)52-40(57)34-16-11-17-53(34)42(59)39(26(4)6-2)51-37(56)22-48-44(62)63-23-32-30-14-9-7-12-28(30)29-13-8-10-15-31(29)32/h7-10,12-15,19,24-26,32-34,38-39H,5-6,11,16-18,20-23H2,1-4H3,(H,45,49)(H,46,54)(H,47,58)(H,48,62)(H,50,55)(H,51,56)(H,52,57)(H,60,61)/t25-,26-,33-,34-,38-,39-/m0/s1. The smallest absolute Gasteiger partial charge is 0.407 e. The van der Waals surface area contributed by atoms with Crippen molar-refractivity contribution in [3.05, 3.63) is 77.9 Å². The number of imidazole rings is 1. The Kier molecular flexibility index (Phi) is 16.8. The Labute approximate surface area is 365 Å². The minimum Gasteiger partial charge on any atom is -0.480 e. The second kappa shape index (κ2) is 22.3. The molecular weight excluding hydrogens is 815 g/mol. The Morgan fingerprint density at radius 3 is 2.02 bits per heavy atom. The average Bonchev–Trinajstić information content (AvgIpc) is 4.06. The Morgan fingerprint density at radius 1 is 0.794 bits per heavy atom. The van der Waals surface area contributed by atoms with Gasteiger partial charge in [0, 0.05) is 25.1 Å². The van der Waals surface area contributed by atoms with Crippen LogP contribution in [0.2, 0.25) is 0 Å². The van der Waals surface area contributed by atoms with Gasteiger partial charge in [-0.25, -0.2) is 14.6 Å². The number of likely N-dealkylation sites (tertiary alicyclic amines) is 1. The van der Waals surface area contributed by atoms with Gasteiger partial charge in [-0.2, -0.15) is 0 Å². The Balaban J connectivity index is 1.10. The minimum atomic E-state index is -1.28. The van der Waals surface area contributed by atoms with Crippen LogP contribution in [-0.2, 0) is 44.7 Å². The zero-order valence-electron chi connectivity index (χ0n) is 35.9. The van der Waals surface area contributed by atoms with Crippen molar-refractivity contribution in [1.82, 2.24) is 46.8 Å². The van der Waals surface area contributed by atoms with E-state index in [0.717, 1.165) is 22.3 Å². The number of nitrogens with zero attached hydrogens (tertiary/aromatic N) is 2. The fraction of sp³-hybridized carbons (Fsp3) is 0.477. The number of fused-ring (bicyclic) bond motifs is 3. The van der Waals surface area contributed by atoms with Crippen LogP contribution in [0.5, 0.6) is 0 Å². The quantitative estimate of drug-likeness (QED) is 0.0757. The van der Waals surface area contributed by atoms with Crippen LogP contribution in [0, 0.1) is 11.8 Å². The number of carboxylic acids is 1. The number of benzene rings is 2. The van der Waals surface area contributed by atoms with Gasteiger partial charge in [0.1, 0.15) is 37.3 Å². The lowest BCUT2D eigenvalue weighted by molar-refractivity contribution is -0.143. The van der Waals surface area contributed by atoms with Gasteiger partial charge in [-0.15, -0.1) is 0 Å². The second-order valence-corrected chi connectivity index (χ2v) is 15.9. The molecule has 1 fully saturated rings. The molecule has 2 aromatic carbocycles. The van der Waals surface area contributed by atoms with Crippen molar-refractivity contribution in [2.24, 2.45) is 11.8 Å². The Hall–Kier alpha value is -6.79. The summed E-state index contributed by atoms with van der Waals surface area (Å²) in [6.07, 6.45) is 3.81. The highest BCUT2D eigenvalue weighted by atomic mass is 16.5. The molecule has 7 amide bonds. The van der Waals surface area contributed by atoms with E-state index < -0.39 is 91.3 Å². The highest BCUT2D eigenvalue weighted by Gasteiger charge is 2.41. The second-order valence-electron chi connectivity index (χ2n) is 15.9. The summed E-state index contributed by atoms with van der Waals surface area (Å²) >= 11 is 0. The van der Waals surface area contributed by atoms with E-state index in [2.05, 4.69) is 41.9 Å². The largest absolute Gasteiger partial charge is 0.480 e. The predicted octanol–water partition coefficient (Wildman–Crippen LogP) is 1.35. The molecule has 3 aromatic rings. The van der Waals surface area contributed by atoms with Crippen LogP contribution in [0.15, 0.2) is 61.1 Å². The molecule has 0 spiro atoms. The first-order valence-corrected chi connectivity index (χ1v) is 21.2. The van der Waals surface area contributed by atoms with Crippen LogP contribution in [0.4, 0.5) is 4.79 Å². The van der Waals surface area contributed by atoms with E-state index in [1.54, 1.807) is 13.8 Å². The number of carbonyl (C=O) groups excluding carboxylic acids is 7. The van der Waals surface area contributed by atoms with E-state index in [1.165, 1.54) is 17.4 Å². The SMILES string of the molecule is CC[C@H](C)[C@H](NC(=O)[C@@H]1CCCN1C(=O)[C@@H](NC(=O)CNC(=O)OCC1c2ccccc2-c2ccccc21)[C@@H](C)CC)C(=O)NCC(=O)NCC(=O)N[C@@H](Cc1c[nH]cn1)C(=O)O. The number of ether oxygens (including phenoxy) is 1. The number of amides is 7. The van der Waals surface area contributed by atoms with Gasteiger partial charge in [0.2, 0.25) is 35.4 Å². The average molecular weight is 872 g/mol. The normalized spacial score (nSPS) is 16.5. The Bertz CT molecular complexity index is 2080. The molecule has 1 aliphatic heterocycles. The lowest BCUT2D eigenvalue weighted by atomic mass is 9.96. The first-order chi connectivity index (χ1) is 30.2. The van der Waals surface area contributed by atoms with Crippen LogP contribution in [0.3, 0.4) is 0 Å². The van der Waals surface area contributed by atoms with Crippen LogP contribution in [0.25, 0.3) is 11.1 Å². The molecule has 338 valence electrons. The number of carboxylic acid groups (broad SMARTS) is 1. The summed E-state index contributed by atoms with van der Waals surface area (Å²) < 4.78 is 5.55. The lowest BCUT2D eigenvalue weighted by Crippen LogP contribution is -2.59. The molecule has 63 heavy (non-hydrogen) atoms.